The van der Waals surface area contributed by atoms with Crippen LogP contribution < -0.4 is 4.74 Å². The molecule has 1 heterocycles. The van der Waals surface area contributed by atoms with E-state index in [-0.39, 0.29) is 28.5 Å². The highest BCUT2D eigenvalue weighted by molar-refractivity contribution is 7.89. The van der Waals surface area contributed by atoms with Crippen molar-refractivity contribution < 1.29 is 23.1 Å². The van der Waals surface area contributed by atoms with Crippen LogP contribution in [0.2, 0.25) is 0 Å². The third-order valence-corrected chi connectivity index (χ3v) is 6.18. The molecule has 6 nitrogen and oxygen atoms in total. The molecule has 0 radical (unpaired) electrons. The topological polar surface area (TPSA) is 83.9 Å². The van der Waals surface area contributed by atoms with Gasteiger partial charge in [-0.25, -0.2) is 8.42 Å². The summed E-state index contributed by atoms with van der Waals surface area (Å²) in [5.41, 5.74) is 0.621. The van der Waals surface area contributed by atoms with E-state index in [1.54, 1.807) is 56.5 Å². The highest BCUT2D eigenvalue weighted by atomic mass is 32.2. The first kappa shape index (κ1) is 18.7. The van der Waals surface area contributed by atoms with Gasteiger partial charge in [-0.3, -0.25) is 9.10 Å². The van der Waals surface area contributed by atoms with Crippen LogP contribution in [0.1, 0.15) is 18.1 Å². The highest BCUT2D eigenvalue weighted by Gasteiger charge is 2.38. The number of sulfonamides is 1. The number of aliphatic hydroxyl groups excluding tert-OH is 1. The molecule has 27 heavy (non-hydrogen) atoms. The SMILES string of the molecule is CCN1C(C(=O)/C=C\c2ccc(OC)cc2)=C(O)c2ccccc2S1(=O)=O. The number of fused-ring (bicyclic) bond motifs is 1. The van der Waals surface area contributed by atoms with Crippen LogP contribution in [-0.2, 0) is 14.8 Å². The molecule has 0 atom stereocenters. The maximum absolute atomic E-state index is 12.8. The van der Waals surface area contributed by atoms with Crippen LogP contribution in [0.5, 0.6) is 5.75 Å². The first-order valence-corrected chi connectivity index (χ1v) is 9.76. The minimum atomic E-state index is -3.91. The van der Waals surface area contributed by atoms with E-state index < -0.39 is 15.8 Å². The molecule has 0 aliphatic carbocycles. The van der Waals surface area contributed by atoms with Gasteiger partial charge < -0.3 is 9.84 Å². The largest absolute Gasteiger partial charge is 0.505 e. The second kappa shape index (κ2) is 7.28. The van der Waals surface area contributed by atoms with Crippen molar-refractivity contribution in [3.63, 3.8) is 0 Å². The molecule has 2 aromatic rings. The van der Waals surface area contributed by atoms with Crippen molar-refractivity contribution in [3.05, 3.63) is 71.4 Å². The summed E-state index contributed by atoms with van der Waals surface area (Å²) in [6.07, 6.45) is 2.81. The van der Waals surface area contributed by atoms with Gasteiger partial charge in [-0.05, 0) is 42.8 Å². The number of ketones is 1. The molecule has 0 fully saturated rings. The first-order chi connectivity index (χ1) is 12.9. The number of ether oxygens (including phenoxy) is 1. The van der Waals surface area contributed by atoms with Gasteiger partial charge in [-0.15, -0.1) is 0 Å². The summed E-state index contributed by atoms with van der Waals surface area (Å²) < 4.78 is 31.7. The molecule has 3 rings (SSSR count). The Balaban J connectivity index is 2.02. The minimum Gasteiger partial charge on any atom is -0.505 e. The Kier molecular flexibility index (Phi) is 5.05. The van der Waals surface area contributed by atoms with Crippen LogP contribution >= 0.6 is 0 Å². The lowest BCUT2D eigenvalue weighted by atomic mass is 10.1. The van der Waals surface area contributed by atoms with E-state index in [2.05, 4.69) is 0 Å². The molecular formula is C20H19NO5S. The number of aliphatic hydroxyl groups is 1. The second-order valence-corrected chi connectivity index (χ2v) is 7.66. The van der Waals surface area contributed by atoms with Crippen molar-refractivity contribution in [1.29, 1.82) is 0 Å². The van der Waals surface area contributed by atoms with Gasteiger partial charge in [0.1, 0.15) is 11.4 Å². The predicted octanol–water partition coefficient (Wildman–Crippen LogP) is 3.23. The van der Waals surface area contributed by atoms with E-state index in [9.17, 15) is 18.3 Å². The minimum absolute atomic E-state index is 0.0139. The molecule has 2 aromatic carbocycles. The van der Waals surface area contributed by atoms with E-state index in [4.69, 9.17) is 4.74 Å². The molecule has 1 aliphatic heterocycles. The number of allylic oxidation sites excluding steroid dienone is 1. The number of carbonyl (C=O) groups is 1. The highest BCUT2D eigenvalue weighted by Crippen LogP contribution is 2.35. The first-order valence-electron chi connectivity index (χ1n) is 8.32. The van der Waals surface area contributed by atoms with Gasteiger partial charge in [0.25, 0.3) is 10.0 Å². The number of carbonyl (C=O) groups excluding carboxylic acids is 1. The smallest absolute Gasteiger partial charge is 0.265 e. The lowest BCUT2D eigenvalue weighted by molar-refractivity contribution is -0.112. The Morgan fingerprint density at radius 3 is 2.44 bits per heavy atom. The van der Waals surface area contributed by atoms with Crippen LogP contribution in [0.15, 0.2) is 65.2 Å². The van der Waals surface area contributed by atoms with E-state index in [0.29, 0.717) is 5.75 Å². The average Bonchev–Trinajstić information content (AvgIpc) is 2.69. The maximum Gasteiger partial charge on any atom is 0.265 e. The monoisotopic (exact) mass is 385 g/mol. The van der Waals surface area contributed by atoms with Crippen LogP contribution in [0.25, 0.3) is 11.8 Å². The summed E-state index contributed by atoms with van der Waals surface area (Å²) in [5, 5.41) is 10.6. The van der Waals surface area contributed by atoms with Gasteiger partial charge in [-0.1, -0.05) is 30.3 Å². The van der Waals surface area contributed by atoms with Gasteiger partial charge in [0.05, 0.1) is 12.0 Å². The summed E-state index contributed by atoms with van der Waals surface area (Å²) in [4.78, 5) is 12.7. The summed E-state index contributed by atoms with van der Waals surface area (Å²) in [7, 11) is -2.35. The van der Waals surface area contributed by atoms with Crippen molar-refractivity contribution in [2.45, 2.75) is 11.8 Å². The molecule has 0 saturated heterocycles. The third kappa shape index (κ3) is 3.33. The Labute approximate surface area is 158 Å². The molecule has 1 N–H and O–H groups in total. The van der Waals surface area contributed by atoms with Gasteiger partial charge in [-0.2, -0.15) is 0 Å². The molecule has 0 spiro atoms. The van der Waals surface area contributed by atoms with Gasteiger partial charge in [0, 0.05) is 12.1 Å². The second-order valence-electron chi connectivity index (χ2n) is 5.83. The lowest BCUT2D eigenvalue weighted by Crippen LogP contribution is -2.37. The summed E-state index contributed by atoms with van der Waals surface area (Å²) in [5.74, 6) is -0.249. The lowest BCUT2D eigenvalue weighted by Gasteiger charge is -2.30. The summed E-state index contributed by atoms with van der Waals surface area (Å²) in [6, 6.07) is 13.1. The molecule has 1 aliphatic rings. The number of hydrogen-bond donors (Lipinski definition) is 1. The van der Waals surface area contributed by atoms with E-state index >= 15 is 0 Å². The van der Waals surface area contributed by atoms with Crippen LogP contribution in [0, 0.1) is 0 Å². The zero-order valence-corrected chi connectivity index (χ0v) is 15.7. The number of hydrogen-bond acceptors (Lipinski definition) is 5. The summed E-state index contributed by atoms with van der Waals surface area (Å²) in [6.45, 7) is 1.64. The Morgan fingerprint density at radius 2 is 1.81 bits per heavy atom. The molecule has 0 unspecified atom stereocenters. The predicted molar refractivity (Wildman–Crippen MR) is 103 cm³/mol. The summed E-state index contributed by atoms with van der Waals surface area (Å²) >= 11 is 0. The fourth-order valence-corrected chi connectivity index (χ4v) is 4.59. The van der Waals surface area contributed by atoms with Gasteiger partial charge in [0.2, 0.25) is 5.78 Å². The zero-order chi connectivity index (χ0) is 19.6. The van der Waals surface area contributed by atoms with E-state index in [0.717, 1.165) is 9.87 Å². The molecule has 0 aromatic heterocycles. The normalized spacial score (nSPS) is 15.7. The van der Waals surface area contributed by atoms with Gasteiger partial charge in [0.15, 0.2) is 5.76 Å². The molecule has 140 valence electrons. The Hall–Kier alpha value is -3.06. The molecule has 7 heteroatoms. The molecule has 0 bridgehead atoms. The van der Waals surface area contributed by atoms with Crippen molar-refractivity contribution in [1.82, 2.24) is 4.31 Å². The Morgan fingerprint density at radius 1 is 1.15 bits per heavy atom. The quantitative estimate of drug-likeness (QED) is 0.799. The number of nitrogens with zero attached hydrogens (tertiary/aromatic N) is 1. The van der Waals surface area contributed by atoms with Crippen LogP contribution in [0.3, 0.4) is 0 Å². The maximum atomic E-state index is 12.8. The molecule has 0 amide bonds. The van der Waals surface area contributed by atoms with Gasteiger partial charge >= 0.3 is 0 Å². The molecular weight excluding hydrogens is 366 g/mol. The number of methoxy groups -OCH3 is 1. The van der Waals surface area contributed by atoms with Crippen molar-refractivity contribution in [2.24, 2.45) is 0 Å². The fourth-order valence-electron chi connectivity index (χ4n) is 2.91. The third-order valence-electron chi connectivity index (χ3n) is 4.25. The molecule has 0 saturated carbocycles. The standard InChI is InChI=1S/C20H19NO5S/c1-3-21-19(17(22)13-10-14-8-11-15(26-2)12-9-14)20(23)16-6-4-5-7-18(16)27(21,24)25/h4-13,23H,3H2,1-2H3/b13-10-. The number of likely N-dealkylation sites (N-methyl/N-ethyl adjacent to an activating group) is 1. The Bertz CT molecular complexity index is 1040. The van der Waals surface area contributed by atoms with Crippen LogP contribution in [0.4, 0.5) is 0 Å². The zero-order valence-electron chi connectivity index (χ0n) is 14.9. The van der Waals surface area contributed by atoms with Crippen molar-refractivity contribution in [2.75, 3.05) is 13.7 Å². The number of benzene rings is 2. The van der Waals surface area contributed by atoms with Crippen molar-refractivity contribution >= 4 is 27.6 Å². The van der Waals surface area contributed by atoms with Crippen LogP contribution in [-0.4, -0.2) is 37.3 Å². The number of rotatable bonds is 5. The fraction of sp³-hybridized carbons (Fsp3) is 0.150. The van der Waals surface area contributed by atoms with E-state index in [1.807, 2.05) is 0 Å². The average molecular weight is 385 g/mol. The van der Waals surface area contributed by atoms with Crippen molar-refractivity contribution in [3.8, 4) is 5.75 Å². The van der Waals surface area contributed by atoms with E-state index in [1.165, 1.54) is 18.2 Å².